The molecule has 1 rings (SSSR count). The Labute approximate surface area is 94.4 Å². The largest absolute Gasteiger partial charge is 0.404 e. The Morgan fingerprint density at radius 2 is 1.50 bits per heavy atom. The second-order valence-corrected chi connectivity index (χ2v) is 4.04. The molecule has 0 fully saturated rings. The van der Waals surface area contributed by atoms with Crippen molar-refractivity contribution >= 4 is 35.8 Å². The predicted octanol–water partition coefficient (Wildman–Crippen LogP) is 4.53. The lowest BCUT2D eigenvalue weighted by Crippen LogP contribution is -2.15. The summed E-state index contributed by atoms with van der Waals surface area (Å²) in [5.41, 5.74) is -0.0571. The van der Waals surface area contributed by atoms with E-state index in [-0.39, 0.29) is 15.6 Å². The van der Waals surface area contributed by atoms with Crippen LogP contribution in [-0.2, 0) is 0 Å². The molecule has 0 spiro atoms. The Morgan fingerprint density at radius 3 is 1.86 bits per heavy atom. The van der Waals surface area contributed by atoms with Gasteiger partial charge in [0.05, 0.1) is 0 Å². The summed E-state index contributed by atoms with van der Waals surface area (Å²) in [4.78, 5) is 0. The zero-order valence-electron chi connectivity index (χ0n) is 6.65. The average molecular weight is 261 g/mol. The third-order valence-corrected chi connectivity index (χ3v) is 2.54. The minimum atomic E-state index is -4.41. The van der Waals surface area contributed by atoms with Crippen LogP contribution in [0.3, 0.4) is 0 Å². The van der Waals surface area contributed by atoms with Crippen molar-refractivity contribution in [3.63, 3.8) is 0 Å². The van der Waals surface area contributed by atoms with Crippen LogP contribution in [0.2, 0.25) is 10.0 Å². The molecule has 78 valence electrons. The average Bonchev–Trinajstić information content (AvgIpc) is 1.99. The van der Waals surface area contributed by atoms with Gasteiger partial charge in [-0.05, 0) is 23.8 Å². The van der Waals surface area contributed by atoms with Crippen LogP contribution < -0.4 is 0 Å². The summed E-state index contributed by atoms with van der Waals surface area (Å²) in [6.45, 7) is 0. The van der Waals surface area contributed by atoms with Gasteiger partial charge in [0, 0.05) is 10.0 Å². The van der Waals surface area contributed by atoms with Crippen LogP contribution >= 0.6 is 35.8 Å². The zero-order chi connectivity index (χ0) is 10.9. The van der Waals surface area contributed by atoms with Crippen LogP contribution in [0.4, 0.5) is 13.2 Å². The smallest absolute Gasteiger partial charge is 0.169 e. The lowest BCUT2D eigenvalue weighted by molar-refractivity contribution is -0.129. The van der Waals surface area contributed by atoms with E-state index in [0.717, 1.165) is 0 Å². The molecule has 0 radical (unpaired) electrons. The minimum absolute atomic E-state index is 0.0571. The van der Waals surface area contributed by atoms with E-state index in [1.807, 2.05) is 0 Å². The molecule has 0 aliphatic heterocycles. The molecule has 0 aliphatic carbocycles. The Balaban J connectivity index is 3.07. The molecule has 1 unspecified atom stereocenters. The van der Waals surface area contributed by atoms with Gasteiger partial charge in [-0.1, -0.05) is 23.2 Å². The molecule has 0 heterocycles. The molecule has 6 heteroatoms. The molecule has 0 bridgehead atoms. The van der Waals surface area contributed by atoms with E-state index < -0.39 is 11.4 Å². The maximum absolute atomic E-state index is 12.2. The molecular weight excluding hydrogens is 256 g/mol. The van der Waals surface area contributed by atoms with E-state index in [1.165, 1.54) is 18.2 Å². The Morgan fingerprint density at radius 1 is 1.07 bits per heavy atom. The van der Waals surface area contributed by atoms with Crippen molar-refractivity contribution in [1.29, 1.82) is 0 Å². The van der Waals surface area contributed by atoms with Crippen molar-refractivity contribution in [3.05, 3.63) is 33.8 Å². The number of hydrogen-bond acceptors (Lipinski definition) is 1. The van der Waals surface area contributed by atoms with Crippen LogP contribution in [0.5, 0.6) is 0 Å². The van der Waals surface area contributed by atoms with E-state index in [1.54, 1.807) is 0 Å². The molecular formula is C8H5Cl2F3S. The number of benzene rings is 1. The van der Waals surface area contributed by atoms with Gasteiger partial charge in [0.25, 0.3) is 0 Å². The van der Waals surface area contributed by atoms with Gasteiger partial charge >= 0.3 is 6.18 Å². The lowest BCUT2D eigenvalue weighted by Gasteiger charge is -2.15. The monoisotopic (exact) mass is 260 g/mol. The summed E-state index contributed by atoms with van der Waals surface area (Å²) in [5, 5.41) is -1.54. The van der Waals surface area contributed by atoms with Gasteiger partial charge in [-0.3, -0.25) is 0 Å². The molecule has 0 aromatic heterocycles. The standard InChI is InChI=1S/C8H5Cl2F3S/c9-5-1-4(2-6(10)3-5)7(14)8(11,12)13/h1-3,7,14H. The first-order valence-corrected chi connectivity index (χ1v) is 4.78. The fourth-order valence-corrected chi connectivity index (χ4v) is 1.61. The van der Waals surface area contributed by atoms with Gasteiger partial charge in [0.1, 0.15) is 5.25 Å². The molecule has 0 aliphatic rings. The van der Waals surface area contributed by atoms with E-state index in [2.05, 4.69) is 12.6 Å². The Bertz CT molecular complexity index is 318. The van der Waals surface area contributed by atoms with Crippen molar-refractivity contribution in [2.75, 3.05) is 0 Å². The first-order valence-electron chi connectivity index (χ1n) is 3.51. The van der Waals surface area contributed by atoms with Crippen molar-refractivity contribution in [1.82, 2.24) is 0 Å². The lowest BCUT2D eigenvalue weighted by atomic mass is 10.1. The summed E-state index contributed by atoms with van der Waals surface area (Å²) < 4.78 is 36.7. The first kappa shape index (κ1) is 12.0. The molecule has 0 N–H and O–H groups in total. The van der Waals surface area contributed by atoms with Gasteiger partial charge in [0.2, 0.25) is 0 Å². The topological polar surface area (TPSA) is 0 Å². The number of halogens is 5. The number of hydrogen-bond donors (Lipinski definition) is 1. The maximum atomic E-state index is 12.2. The SMILES string of the molecule is FC(F)(F)C(S)c1cc(Cl)cc(Cl)c1. The second kappa shape index (κ2) is 4.21. The molecule has 0 saturated heterocycles. The van der Waals surface area contributed by atoms with Gasteiger partial charge in [0.15, 0.2) is 0 Å². The highest BCUT2D eigenvalue weighted by Gasteiger charge is 2.38. The molecule has 0 saturated carbocycles. The third-order valence-electron chi connectivity index (χ3n) is 1.51. The van der Waals surface area contributed by atoms with Crippen molar-refractivity contribution in [2.45, 2.75) is 11.4 Å². The van der Waals surface area contributed by atoms with Gasteiger partial charge in [-0.15, -0.1) is 0 Å². The Kier molecular flexibility index (Phi) is 3.61. The predicted molar refractivity (Wildman–Crippen MR) is 54.2 cm³/mol. The normalized spacial score (nSPS) is 14.1. The number of thiol groups is 1. The molecule has 1 aromatic carbocycles. The second-order valence-electron chi connectivity index (χ2n) is 2.65. The fourth-order valence-electron chi connectivity index (χ4n) is 0.922. The van der Waals surface area contributed by atoms with Gasteiger partial charge in [-0.2, -0.15) is 25.8 Å². The summed E-state index contributed by atoms with van der Waals surface area (Å²) in [7, 11) is 0. The highest BCUT2D eigenvalue weighted by atomic mass is 35.5. The van der Waals surface area contributed by atoms with Gasteiger partial charge in [-0.25, -0.2) is 0 Å². The molecule has 14 heavy (non-hydrogen) atoms. The fraction of sp³-hybridized carbons (Fsp3) is 0.250. The van der Waals surface area contributed by atoms with Crippen LogP contribution in [0.15, 0.2) is 18.2 Å². The minimum Gasteiger partial charge on any atom is -0.169 e. The summed E-state index contributed by atoms with van der Waals surface area (Å²) in [5.74, 6) is 0. The van der Waals surface area contributed by atoms with Crippen LogP contribution in [0.1, 0.15) is 10.8 Å². The van der Waals surface area contributed by atoms with Crippen LogP contribution in [0.25, 0.3) is 0 Å². The Hall–Kier alpha value is -0.0600. The maximum Gasteiger partial charge on any atom is 0.404 e. The third kappa shape index (κ3) is 2.97. The molecule has 0 amide bonds. The van der Waals surface area contributed by atoms with Gasteiger partial charge < -0.3 is 0 Å². The van der Waals surface area contributed by atoms with Crippen LogP contribution in [-0.4, -0.2) is 6.18 Å². The van der Waals surface area contributed by atoms with Crippen LogP contribution in [0, 0.1) is 0 Å². The van der Waals surface area contributed by atoms with E-state index in [9.17, 15) is 13.2 Å². The summed E-state index contributed by atoms with van der Waals surface area (Å²) >= 11 is 14.6. The van der Waals surface area contributed by atoms with Crippen molar-refractivity contribution in [2.24, 2.45) is 0 Å². The molecule has 1 aromatic rings. The number of alkyl halides is 3. The molecule has 0 nitrogen and oxygen atoms in total. The zero-order valence-corrected chi connectivity index (χ0v) is 9.05. The van der Waals surface area contributed by atoms with Crippen molar-refractivity contribution in [3.8, 4) is 0 Å². The quantitative estimate of drug-likeness (QED) is 0.705. The van der Waals surface area contributed by atoms with E-state index in [4.69, 9.17) is 23.2 Å². The molecule has 1 atom stereocenters. The van der Waals surface area contributed by atoms with Crippen molar-refractivity contribution < 1.29 is 13.2 Å². The summed E-state index contributed by atoms with van der Waals surface area (Å²) in [6, 6.07) is 3.75. The number of rotatable bonds is 1. The van der Waals surface area contributed by atoms with E-state index in [0.29, 0.717) is 0 Å². The highest BCUT2D eigenvalue weighted by molar-refractivity contribution is 7.80. The summed E-state index contributed by atoms with van der Waals surface area (Å²) in [6.07, 6.45) is -4.41. The first-order chi connectivity index (χ1) is 6.30. The highest BCUT2D eigenvalue weighted by Crippen LogP contribution is 2.39. The van der Waals surface area contributed by atoms with E-state index >= 15 is 0 Å².